The Balaban J connectivity index is 1.84. The fraction of sp³-hybridized carbons (Fsp3) is 0.375. The van der Waals surface area contributed by atoms with E-state index in [1.807, 2.05) is 31.2 Å². The van der Waals surface area contributed by atoms with Crippen LogP contribution in [0.5, 0.6) is 0 Å². The minimum Gasteiger partial charge on any atom is -0.251 e. The second-order valence-corrected chi connectivity index (χ2v) is 7.11. The van der Waals surface area contributed by atoms with Gasteiger partial charge in [0, 0.05) is 11.3 Å². The van der Waals surface area contributed by atoms with E-state index in [1.54, 1.807) is 0 Å². The third-order valence-electron chi connectivity index (χ3n) is 3.73. The zero-order valence-corrected chi connectivity index (χ0v) is 13.5. The lowest BCUT2D eigenvalue weighted by atomic mass is 9.98. The van der Waals surface area contributed by atoms with Crippen LogP contribution in [0.15, 0.2) is 29.4 Å². The van der Waals surface area contributed by atoms with E-state index in [0.29, 0.717) is 16.1 Å². The highest BCUT2D eigenvalue weighted by atomic mass is 35.5. The van der Waals surface area contributed by atoms with Gasteiger partial charge in [-0.3, -0.25) is 4.21 Å². The molecule has 3 nitrogen and oxygen atoms in total. The number of hydrogen-bond donors (Lipinski definition) is 0. The van der Waals surface area contributed by atoms with E-state index in [1.165, 1.54) is 5.56 Å². The van der Waals surface area contributed by atoms with Gasteiger partial charge in [-0.1, -0.05) is 41.4 Å². The Kier molecular flexibility index (Phi) is 4.36. The molecule has 0 amide bonds. The molecule has 1 aromatic heterocycles. The predicted molar refractivity (Wildman–Crippen MR) is 85.0 cm³/mol. The van der Waals surface area contributed by atoms with Crippen LogP contribution in [-0.2, 0) is 29.4 Å². The Morgan fingerprint density at radius 3 is 2.62 bits per heavy atom. The molecule has 0 saturated carbocycles. The highest BCUT2D eigenvalue weighted by Crippen LogP contribution is 2.26. The van der Waals surface area contributed by atoms with Gasteiger partial charge >= 0.3 is 0 Å². The van der Waals surface area contributed by atoms with Crippen LogP contribution in [0.25, 0.3) is 0 Å². The average molecular weight is 321 g/mol. The molecule has 3 rings (SSSR count). The van der Waals surface area contributed by atoms with Crippen molar-refractivity contribution in [3.63, 3.8) is 0 Å². The van der Waals surface area contributed by atoms with Crippen molar-refractivity contribution in [2.45, 2.75) is 43.5 Å². The molecule has 21 heavy (non-hydrogen) atoms. The molecule has 1 heterocycles. The summed E-state index contributed by atoms with van der Waals surface area (Å²) in [5.74, 6) is 0.426. The second-order valence-electron chi connectivity index (χ2n) is 5.40. The van der Waals surface area contributed by atoms with E-state index in [2.05, 4.69) is 9.97 Å². The molecule has 1 aliphatic carbocycles. The zero-order chi connectivity index (χ0) is 14.8. The zero-order valence-electron chi connectivity index (χ0n) is 11.9. The number of nitrogens with zero attached hydrogens (tertiary/aromatic N) is 2. The molecule has 0 aliphatic heterocycles. The number of aromatic nitrogens is 2. The maximum absolute atomic E-state index is 12.5. The Morgan fingerprint density at radius 1 is 1.14 bits per heavy atom. The molecule has 1 unspecified atom stereocenters. The van der Waals surface area contributed by atoms with Crippen LogP contribution < -0.4 is 0 Å². The first kappa shape index (κ1) is 14.7. The molecular weight excluding hydrogens is 304 g/mol. The smallest absolute Gasteiger partial charge is 0.220 e. The molecule has 0 spiro atoms. The van der Waals surface area contributed by atoms with Gasteiger partial charge < -0.3 is 0 Å². The van der Waals surface area contributed by atoms with E-state index < -0.39 is 10.8 Å². The molecule has 1 aromatic carbocycles. The summed E-state index contributed by atoms with van der Waals surface area (Å²) >= 11 is 6.23. The molecule has 1 aliphatic rings. The molecular formula is C16H17ClN2OS. The monoisotopic (exact) mass is 320 g/mol. The summed E-state index contributed by atoms with van der Waals surface area (Å²) in [6, 6.07) is 8.03. The van der Waals surface area contributed by atoms with Crippen LogP contribution >= 0.6 is 11.6 Å². The van der Waals surface area contributed by atoms with Crippen molar-refractivity contribution in [3.05, 3.63) is 51.8 Å². The normalized spacial score (nSPS) is 15.5. The van der Waals surface area contributed by atoms with E-state index in [9.17, 15) is 4.21 Å². The quantitative estimate of drug-likeness (QED) is 0.640. The number of hydrogen-bond acceptors (Lipinski definition) is 3. The van der Waals surface area contributed by atoms with E-state index in [0.717, 1.165) is 42.5 Å². The maximum Gasteiger partial charge on any atom is 0.220 e. The van der Waals surface area contributed by atoms with Crippen molar-refractivity contribution >= 4 is 22.4 Å². The number of rotatable bonds is 3. The van der Waals surface area contributed by atoms with Crippen LogP contribution in [0.4, 0.5) is 0 Å². The van der Waals surface area contributed by atoms with Gasteiger partial charge in [-0.15, -0.1) is 0 Å². The SMILES string of the molecule is Cc1ccc(CS(=O)c2nc(Cl)c3c(n2)CCCC3)cc1. The number of aryl methyl sites for hydroxylation is 2. The lowest BCUT2D eigenvalue weighted by Crippen LogP contribution is -2.12. The first-order chi connectivity index (χ1) is 10.1. The van der Waals surface area contributed by atoms with Crippen molar-refractivity contribution in [3.8, 4) is 0 Å². The number of halogens is 1. The van der Waals surface area contributed by atoms with E-state index in [-0.39, 0.29) is 0 Å². The van der Waals surface area contributed by atoms with Gasteiger partial charge in [0.25, 0.3) is 0 Å². The Bertz CT molecular complexity index is 685. The summed E-state index contributed by atoms with van der Waals surface area (Å²) in [4.78, 5) is 8.75. The molecule has 5 heteroatoms. The predicted octanol–water partition coefficient (Wildman–Crippen LogP) is 3.63. The van der Waals surface area contributed by atoms with Gasteiger partial charge in [0.05, 0.1) is 16.6 Å². The molecule has 0 saturated heterocycles. The largest absolute Gasteiger partial charge is 0.251 e. The fourth-order valence-electron chi connectivity index (χ4n) is 2.53. The molecule has 0 radical (unpaired) electrons. The summed E-state index contributed by atoms with van der Waals surface area (Å²) < 4.78 is 12.5. The first-order valence-corrected chi connectivity index (χ1v) is 8.82. The summed E-state index contributed by atoms with van der Waals surface area (Å²) in [5, 5.41) is 0.841. The van der Waals surface area contributed by atoms with Crippen molar-refractivity contribution < 1.29 is 4.21 Å². The topological polar surface area (TPSA) is 42.9 Å². The van der Waals surface area contributed by atoms with Crippen LogP contribution in [0.3, 0.4) is 0 Å². The highest BCUT2D eigenvalue weighted by Gasteiger charge is 2.19. The third-order valence-corrected chi connectivity index (χ3v) is 5.23. The first-order valence-electron chi connectivity index (χ1n) is 7.12. The molecule has 0 bridgehead atoms. The molecule has 2 aromatic rings. The number of benzene rings is 1. The van der Waals surface area contributed by atoms with Crippen LogP contribution in [0.1, 0.15) is 35.2 Å². The van der Waals surface area contributed by atoms with Gasteiger partial charge in [-0.25, -0.2) is 9.97 Å². The molecule has 110 valence electrons. The lowest BCUT2D eigenvalue weighted by Gasteiger charge is -2.16. The van der Waals surface area contributed by atoms with Crippen molar-refractivity contribution in [1.82, 2.24) is 9.97 Å². The van der Waals surface area contributed by atoms with E-state index in [4.69, 9.17) is 11.6 Å². The highest BCUT2D eigenvalue weighted by molar-refractivity contribution is 7.84. The van der Waals surface area contributed by atoms with Crippen molar-refractivity contribution in [1.29, 1.82) is 0 Å². The fourth-order valence-corrected chi connectivity index (χ4v) is 3.89. The van der Waals surface area contributed by atoms with Gasteiger partial charge in [0.1, 0.15) is 5.15 Å². The minimum absolute atomic E-state index is 0.362. The summed E-state index contributed by atoms with van der Waals surface area (Å²) in [5.41, 5.74) is 4.24. The van der Waals surface area contributed by atoms with Gasteiger partial charge in [-0.2, -0.15) is 0 Å². The lowest BCUT2D eigenvalue weighted by molar-refractivity contribution is 0.639. The van der Waals surface area contributed by atoms with Crippen LogP contribution in [0, 0.1) is 6.92 Å². The molecule has 1 atom stereocenters. The average Bonchev–Trinajstić information content (AvgIpc) is 2.49. The van der Waals surface area contributed by atoms with Crippen molar-refractivity contribution in [2.75, 3.05) is 0 Å². The summed E-state index contributed by atoms with van der Waals surface area (Å²) in [6.07, 6.45) is 4.08. The van der Waals surface area contributed by atoms with Gasteiger partial charge in [0.2, 0.25) is 5.16 Å². The van der Waals surface area contributed by atoms with E-state index >= 15 is 0 Å². The maximum atomic E-state index is 12.5. The molecule has 0 N–H and O–H groups in total. The standard InChI is InChI=1S/C16H17ClN2OS/c1-11-6-8-12(9-7-11)10-21(20)16-18-14-5-3-2-4-13(14)15(17)19-16/h6-9H,2-5,10H2,1H3. The van der Waals surface area contributed by atoms with Crippen LogP contribution in [0.2, 0.25) is 5.15 Å². The molecule has 0 fully saturated rings. The summed E-state index contributed by atoms with van der Waals surface area (Å²) in [7, 11) is -1.26. The Labute approximate surface area is 132 Å². The van der Waals surface area contributed by atoms with Crippen molar-refractivity contribution in [2.24, 2.45) is 0 Å². The summed E-state index contributed by atoms with van der Waals surface area (Å²) in [6.45, 7) is 2.03. The minimum atomic E-state index is -1.26. The Hall–Kier alpha value is -1.26. The van der Waals surface area contributed by atoms with Gasteiger partial charge in [0.15, 0.2) is 0 Å². The van der Waals surface area contributed by atoms with Crippen LogP contribution in [-0.4, -0.2) is 14.2 Å². The second kappa shape index (κ2) is 6.24. The third kappa shape index (κ3) is 3.33. The number of fused-ring (bicyclic) bond motifs is 1. The Morgan fingerprint density at radius 2 is 1.86 bits per heavy atom. The van der Waals surface area contributed by atoms with Gasteiger partial charge in [-0.05, 0) is 38.2 Å².